The Labute approximate surface area is 122 Å². The topological polar surface area (TPSA) is 78.6 Å². The molecule has 1 aromatic carbocycles. The van der Waals surface area contributed by atoms with Gasteiger partial charge in [0.15, 0.2) is 0 Å². The Morgan fingerprint density at radius 1 is 1.33 bits per heavy atom. The highest BCUT2D eigenvalue weighted by atomic mass is 16.4. The molecule has 0 fully saturated rings. The van der Waals surface area contributed by atoms with Gasteiger partial charge in [0, 0.05) is 25.2 Å². The second kappa shape index (κ2) is 5.67. The predicted molar refractivity (Wildman–Crippen MR) is 75.7 cm³/mol. The van der Waals surface area contributed by atoms with Gasteiger partial charge >= 0.3 is 5.97 Å². The van der Waals surface area contributed by atoms with Crippen LogP contribution in [0.4, 0.5) is 0 Å². The van der Waals surface area contributed by atoms with Crippen LogP contribution in [0.5, 0.6) is 0 Å². The van der Waals surface area contributed by atoms with Crippen LogP contribution in [0.2, 0.25) is 0 Å². The number of aliphatic hydroxyl groups excluding tert-OH is 1. The summed E-state index contributed by atoms with van der Waals surface area (Å²) >= 11 is 0. The van der Waals surface area contributed by atoms with Crippen LogP contribution in [-0.4, -0.2) is 37.5 Å². The molecular weight excluding hydrogens is 270 g/mol. The highest BCUT2D eigenvalue weighted by molar-refractivity contribution is 5.87. The fourth-order valence-corrected chi connectivity index (χ4v) is 2.73. The van der Waals surface area contributed by atoms with E-state index in [0.29, 0.717) is 18.7 Å². The summed E-state index contributed by atoms with van der Waals surface area (Å²) in [5.74, 6) is -0.903. The molecule has 2 N–H and O–H groups in total. The molecule has 1 aliphatic heterocycles. The molecule has 6 heteroatoms. The molecule has 0 amide bonds. The first kappa shape index (κ1) is 13.8. The van der Waals surface area contributed by atoms with Crippen LogP contribution in [0.25, 0.3) is 0 Å². The number of aliphatic hydroxyl groups is 1. The van der Waals surface area contributed by atoms with Gasteiger partial charge in [-0.2, -0.15) is 5.10 Å². The number of fused-ring (bicyclic) bond motifs is 1. The summed E-state index contributed by atoms with van der Waals surface area (Å²) in [6.07, 6.45) is 1.85. The highest BCUT2D eigenvalue weighted by Crippen LogP contribution is 2.24. The van der Waals surface area contributed by atoms with Gasteiger partial charge in [0.1, 0.15) is 0 Å². The van der Waals surface area contributed by atoms with Crippen LogP contribution in [0.1, 0.15) is 27.2 Å². The lowest BCUT2D eigenvalue weighted by atomic mass is 10.1. The number of carboxylic acid groups (broad SMARTS) is 1. The number of nitrogens with zero attached hydrogens (tertiary/aromatic N) is 3. The van der Waals surface area contributed by atoms with Gasteiger partial charge in [-0.25, -0.2) is 4.79 Å². The minimum atomic E-state index is -0.903. The largest absolute Gasteiger partial charge is 0.478 e. The summed E-state index contributed by atoms with van der Waals surface area (Å²) in [6, 6.07) is 7.03. The Bertz CT molecular complexity index is 666. The van der Waals surface area contributed by atoms with E-state index in [4.69, 9.17) is 10.2 Å². The van der Waals surface area contributed by atoms with Gasteiger partial charge in [0.05, 0.1) is 30.6 Å². The van der Waals surface area contributed by atoms with Crippen LogP contribution >= 0.6 is 0 Å². The van der Waals surface area contributed by atoms with Crippen LogP contribution < -0.4 is 0 Å². The Morgan fingerprint density at radius 2 is 2.19 bits per heavy atom. The van der Waals surface area contributed by atoms with E-state index < -0.39 is 5.97 Å². The van der Waals surface area contributed by atoms with Crippen molar-refractivity contribution in [2.24, 2.45) is 0 Å². The number of hydrogen-bond donors (Lipinski definition) is 2. The van der Waals surface area contributed by atoms with Gasteiger partial charge in [0.25, 0.3) is 0 Å². The average Bonchev–Trinajstić information content (AvgIpc) is 3.01. The van der Waals surface area contributed by atoms with Gasteiger partial charge < -0.3 is 10.2 Å². The third kappa shape index (κ3) is 2.81. The van der Waals surface area contributed by atoms with Crippen molar-refractivity contribution in [2.45, 2.75) is 26.2 Å². The van der Waals surface area contributed by atoms with E-state index in [2.05, 4.69) is 10.00 Å². The molecule has 0 bridgehead atoms. The van der Waals surface area contributed by atoms with Crippen molar-refractivity contribution >= 4 is 5.97 Å². The summed E-state index contributed by atoms with van der Waals surface area (Å²) < 4.78 is 1.84. The lowest BCUT2D eigenvalue weighted by molar-refractivity contribution is 0.0696. The van der Waals surface area contributed by atoms with Crippen LogP contribution in [0.3, 0.4) is 0 Å². The number of aromatic carboxylic acids is 1. The van der Waals surface area contributed by atoms with E-state index in [-0.39, 0.29) is 6.61 Å². The van der Waals surface area contributed by atoms with Gasteiger partial charge in [-0.3, -0.25) is 9.58 Å². The molecule has 0 aliphatic carbocycles. The van der Waals surface area contributed by atoms with E-state index in [0.717, 1.165) is 24.3 Å². The van der Waals surface area contributed by atoms with Gasteiger partial charge in [-0.1, -0.05) is 12.1 Å². The zero-order valence-electron chi connectivity index (χ0n) is 11.6. The zero-order chi connectivity index (χ0) is 14.8. The summed E-state index contributed by atoms with van der Waals surface area (Å²) in [4.78, 5) is 13.2. The molecule has 6 nitrogen and oxygen atoms in total. The number of rotatable bonds is 5. The molecule has 0 atom stereocenters. The standard InChI is InChI=1S/C15H17N3O3/c19-5-4-18-14-10-17(9-13(14)7-16-18)8-11-2-1-3-12(6-11)15(20)21/h1-3,6-7,19H,4-5,8-10H2,(H,20,21). The molecule has 21 heavy (non-hydrogen) atoms. The molecule has 0 unspecified atom stereocenters. The van der Waals surface area contributed by atoms with Gasteiger partial charge in [0.2, 0.25) is 0 Å². The molecule has 0 spiro atoms. The first-order valence-corrected chi connectivity index (χ1v) is 6.86. The fraction of sp³-hybridized carbons (Fsp3) is 0.333. The van der Waals surface area contributed by atoms with Crippen molar-refractivity contribution in [2.75, 3.05) is 6.61 Å². The summed E-state index contributed by atoms with van der Waals surface area (Å²) in [7, 11) is 0. The van der Waals surface area contributed by atoms with Gasteiger partial charge in [-0.15, -0.1) is 0 Å². The number of aromatic nitrogens is 2. The summed E-state index contributed by atoms with van der Waals surface area (Å²) in [5, 5.41) is 22.3. The molecule has 0 saturated heterocycles. The molecule has 2 heterocycles. The van der Waals surface area contributed by atoms with Crippen molar-refractivity contribution < 1.29 is 15.0 Å². The Kier molecular flexibility index (Phi) is 3.72. The normalized spacial score (nSPS) is 14.3. The maximum Gasteiger partial charge on any atom is 0.335 e. The molecule has 1 aromatic heterocycles. The van der Waals surface area contributed by atoms with Crippen molar-refractivity contribution in [3.63, 3.8) is 0 Å². The summed E-state index contributed by atoms with van der Waals surface area (Å²) in [5.41, 5.74) is 3.62. The minimum Gasteiger partial charge on any atom is -0.478 e. The first-order valence-electron chi connectivity index (χ1n) is 6.86. The van der Waals surface area contributed by atoms with E-state index >= 15 is 0 Å². The second-order valence-electron chi connectivity index (χ2n) is 5.21. The van der Waals surface area contributed by atoms with Gasteiger partial charge in [-0.05, 0) is 17.7 Å². The third-order valence-corrected chi connectivity index (χ3v) is 3.69. The van der Waals surface area contributed by atoms with Crippen molar-refractivity contribution in [3.8, 4) is 0 Å². The average molecular weight is 287 g/mol. The third-order valence-electron chi connectivity index (χ3n) is 3.69. The monoisotopic (exact) mass is 287 g/mol. The number of carboxylic acids is 1. The van der Waals surface area contributed by atoms with E-state index in [1.54, 1.807) is 18.2 Å². The Hall–Kier alpha value is -2.18. The number of benzene rings is 1. The number of hydrogen-bond acceptors (Lipinski definition) is 4. The maximum atomic E-state index is 11.0. The van der Waals surface area contributed by atoms with Crippen molar-refractivity contribution in [1.29, 1.82) is 0 Å². The van der Waals surface area contributed by atoms with Crippen LogP contribution in [-0.2, 0) is 26.2 Å². The predicted octanol–water partition coefficient (Wildman–Crippen LogP) is 1.09. The first-order chi connectivity index (χ1) is 10.2. The smallest absolute Gasteiger partial charge is 0.335 e. The molecule has 3 rings (SSSR count). The molecule has 110 valence electrons. The van der Waals surface area contributed by atoms with Crippen LogP contribution in [0, 0.1) is 0 Å². The molecule has 2 aromatic rings. The van der Waals surface area contributed by atoms with Crippen molar-refractivity contribution in [3.05, 3.63) is 52.8 Å². The highest BCUT2D eigenvalue weighted by Gasteiger charge is 2.23. The molecule has 0 radical (unpaired) electrons. The lowest BCUT2D eigenvalue weighted by Gasteiger charge is -2.16. The fourth-order valence-electron chi connectivity index (χ4n) is 2.73. The lowest BCUT2D eigenvalue weighted by Crippen LogP contribution is -2.18. The van der Waals surface area contributed by atoms with E-state index in [9.17, 15) is 4.79 Å². The SMILES string of the molecule is O=C(O)c1cccc(CN2Cc3cnn(CCO)c3C2)c1. The second-order valence-corrected chi connectivity index (χ2v) is 5.21. The molecule has 0 saturated carbocycles. The zero-order valence-corrected chi connectivity index (χ0v) is 11.6. The minimum absolute atomic E-state index is 0.0782. The van der Waals surface area contributed by atoms with Crippen LogP contribution in [0.15, 0.2) is 30.5 Å². The summed E-state index contributed by atoms with van der Waals surface area (Å²) in [6.45, 7) is 2.87. The number of carbonyl (C=O) groups is 1. The van der Waals surface area contributed by atoms with E-state index in [1.165, 1.54) is 5.56 Å². The maximum absolute atomic E-state index is 11.0. The molecular formula is C15H17N3O3. The Balaban J connectivity index is 1.71. The molecule has 1 aliphatic rings. The van der Waals surface area contributed by atoms with Crippen molar-refractivity contribution in [1.82, 2.24) is 14.7 Å². The van der Waals surface area contributed by atoms with E-state index in [1.807, 2.05) is 16.9 Å². The quantitative estimate of drug-likeness (QED) is 0.860. The Morgan fingerprint density at radius 3 is 2.95 bits per heavy atom.